The normalized spacial score (nSPS) is 10.8. The van der Waals surface area contributed by atoms with Crippen LogP contribution in [0.2, 0.25) is 0 Å². The molecule has 0 unspecified atom stereocenters. The summed E-state index contributed by atoms with van der Waals surface area (Å²) in [6.45, 7) is 2.93. The number of para-hydroxylation sites is 1. The lowest BCUT2D eigenvalue weighted by Gasteiger charge is -2.10. The average Bonchev–Trinajstić information content (AvgIpc) is 2.70. The minimum Gasteiger partial charge on any atom is -0.352 e. The molecule has 26 heavy (non-hydrogen) atoms. The van der Waals surface area contributed by atoms with Crippen LogP contribution < -0.4 is 5.32 Å². The molecule has 3 heteroatoms. The van der Waals surface area contributed by atoms with Crippen LogP contribution in [0.25, 0.3) is 22.2 Å². The van der Waals surface area contributed by atoms with Crippen LogP contribution in [-0.2, 0) is 0 Å². The highest BCUT2D eigenvalue weighted by atomic mass is 16.1. The van der Waals surface area contributed by atoms with Crippen LogP contribution in [0, 0.1) is 0 Å². The Bertz CT molecular complexity index is 858. The molecular formula is C23H26N2O. The fraction of sp³-hybridized carbons (Fsp3) is 0.304. The summed E-state index contributed by atoms with van der Waals surface area (Å²) < 4.78 is 0. The zero-order chi connectivity index (χ0) is 18.2. The molecule has 0 bridgehead atoms. The van der Waals surface area contributed by atoms with Gasteiger partial charge in [0.1, 0.15) is 0 Å². The van der Waals surface area contributed by atoms with Gasteiger partial charge in [-0.3, -0.25) is 4.79 Å². The fourth-order valence-corrected chi connectivity index (χ4v) is 3.15. The van der Waals surface area contributed by atoms with Gasteiger partial charge in [-0.1, -0.05) is 81.1 Å². The summed E-state index contributed by atoms with van der Waals surface area (Å²) in [7, 11) is 0. The Morgan fingerprint density at radius 3 is 2.46 bits per heavy atom. The lowest BCUT2D eigenvalue weighted by molar-refractivity contribution is 0.0954. The highest BCUT2D eigenvalue weighted by Gasteiger charge is 2.13. The van der Waals surface area contributed by atoms with Gasteiger partial charge in [0.25, 0.3) is 5.91 Å². The van der Waals surface area contributed by atoms with Gasteiger partial charge < -0.3 is 5.32 Å². The molecule has 3 rings (SSSR count). The standard InChI is InChI=1S/C23H26N2O/c1-2-3-4-5-11-16-24-23(26)20-17-22(18-12-7-6-8-13-18)25-21-15-10-9-14-19(20)21/h6-10,12-15,17H,2-5,11,16H2,1H3,(H,24,26). The predicted molar refractivity (Wildman–Crippen MR) is 108 cm³/mol. The van der Waals surface area contributed by atoms with Gasteiger partial charge in [0.05, 0.1) is 16.8 Å². The van der Waals surface area contributed by atoms with Crippen molar-refractivity contribution in [3.05, 3.63) is 66.2 Å². The Morgan fingerprint density at radius 1 is 0.923 bits per heavy atom. The Kier molecular flexibility index (Phi) is 6.37. The number of pyridine rings is 1. The van der Waals surface area contributed by atoms with Crippen LogP contribution in [0.5, 0.6) is 0 Å². The minimum atomic E-state index is -0.0173. The number of nitrogens with one attached hydrogen (secondary N) is 1. The Morgan fingerprint density at radius 2 is 1.65 bits per heavy atom. The molecule has 3 aromatic rings. The van der Waals surface area contributed by atoms with E-state index in [4.69, 9.17) is 4.98 Å². The van der Waals surface area contributed by atoms with Gasteiger partial charge in [-0.05, 0) is 18.6 Å². The third kappa shape index (κ3) is 4.48. The van der Waals surface area contributed by atoms with Gasteiger partial charge in [-0.2, -0.15) is 0 Å². The Balaban J connectivity index is 1.81. The lowest BCUT2D eigenvalue weighted by atomic mass is 10.0. The van der Waals surface area contributed by atoms with E-state index in [0.717, 1.165) is 35.1 Å². The lowest BCUT2D eigenvalue weighted by Crippen LogP contribution is -2.24. The molecule has 1 heterocycles. The number of nitrogens with zero attached hydrogens (tertiary/aromatic N) is 1. The number of aromatic nitrogens is 1. The van der Waals surface area contributed by atoms with Crippen LogP contribution in [-0.4, -0.2) is 17.4 Å². The highest BCUT2D eigenvalue weighted by Crippen LogP contribution is 2.24. The van der Waals surface area contributed by atoms with E-state index >= 15 is 0 Å². The number of rotatable bonds is 8. The van der Waals surface area contributed by atoms with E-state index in [1.54, 1.807) is 0 Å². The zero-order valence-corrected chi connectivity index (χ0v) is 15.4. The number of hydrogen-bond acceptors (Lipinski definition) is 2. The van der Waals surface area contributed by atoms with Crippen LogP contribution in [0.3, 0.4) is 0 Å². The molecule has 0 aliphatic rings. The van der Waals surface area contributed by atoms with Crippen molar-refractivity contribution in [1.29, 1.82) is 0 Å². The topological polar surface area (TPSA) is 42.0 Å². The molecule has 0 aliphatic heterocycles. The predicted octanol–water partition coefficient (Wildman–Crippen LogP) is 5.60. The largest absolute Gasteiger partial charge is 0.352 e. The maximum Gasteiger partial charge on any atom is 0.252 e. The maximum atomic E-state index is 12.8. The monoisotopic (exact) mass is 346 g/mol. The molecular weight excluding hydrogens is 320 g/mol. The number of carbonyl (C=O) groups excluding carboxylic acids is 1. The van der Waals surface area contributed by atoms with Crippen LogP contribution >= 0.6 is 0 Å². The molecule has 0 spiro atoms. The van der Waals surface area contributed by atoms with E-state index in [1.807, 2.05) is 60.7 Å². The molecule has 1 N–H and O–H groups in total. The zero-order valence-electron chi connectivity index (χ0n) is 15.4. The number of unbranched alkanes of at least 4 members (excludes halogenated alkanes) is 4. The first-order valence-corrected chi connectivity index (χ1v) is 9.53. The molecule has 0 fully saturated rings. The summed E-state index contributed by atoms with van der Waals surface area (Å²) in [6, 6.07) is 19.7. The first-order valence-electron chi connectivity index (χ1n) is 9.53. The van der Waals surface area contributed by atoms with Crippen molar-refractivity contribution in [3.8, 4) is 11.3 Å². The van der Waals surface area contributed by atoms with Crippen molar-refractivity contribution in [3.63, 3.8) is 0 Å². The van der Waals surface area contributed by atoms with E-state index in [-0.39, 0.29) is 5.91 Å². The van der Waals surface area contributed by atoms with Gasteiger partial charge in [0.15, 0.2) is 0 Å². The van der Waals surface area contributed by atoms with Crippen molar-refractivity contribution in [1.82, 2.24) is 10.3 Å². The van der Waals surface area contributed by atoms with Crippen LogP contribution in [0.15, 0.2) is 60.7 Å². The molecule has 0 atom stereocenters. The van der Waals surface area contributed by atoms with Gasteiger partial charge in [0, 0.05) is 17.5 Å². The van der Waals surface area contributed by atoms with Crippen molar-refractivity contribution in [2.45, 2.75) is 39.0 Å². The van der Waals surface area contributed by atoms with E-state index in [0.29, 0.717) is 5.56 Å². The molecule has 0 saturated heterocycles. The number of fused-ring (bicyclic) bond motifs is 1. The first-order chi connectivity index (χ1) is 12.8. The second-order valence-electron chi connectivity index (χ2n) is 6.61. The summed E-state index contributed by atoms with van der Waals surface area (Å²) in [5.74, 6) is -0.0173. The first kappa shape index (κ1) is 18.1. The third-order valence-corrected chi connectivity index (χ3v) is 4.60. The molecule has 0 saturated carbocycles. The number of carbonyl (C=O) groups is 1. The summed E-state index contributed by atoms with van der Waals surface area (Å²) in [5, 5.41) is 3.98. The SMILES string of the molecule is CCCCCCCNC(=O)c1cc(-c2ccccc2)nc2ccccc12. The van der Waals surface area contributed by atoms with Crippen molar-refractivity contribution < 1.29 is 4.79 Å². The van der Waals surface area contributed by atoms with Crippen molar-refractivity contribution in [2.24, 2.45) is 0 Å². The molecule has 134 valence electrons. The minimum absolute atomic E-state index is 0.0173. The Hall–Kier alpha value is -2.68. The molecule has 0 radical (unpaired) electrons. The average molecular weight is 346 g/mol. The highest BCUT2D eigenvalue weighted by molar-refractivity contribution is 6.07. The van der Waals surface area contributed by atoms with Crippen molar-refractivity contribution in [2.75, 3.05) is 6.54 Å². The second kappa shape index (κ2) is 9.14. The van der Waals surface area contributed by atoms with Crippen LogP contribution in [0.1, 0.15) is 49.4 Å². The molecule has 0 aliphatic carbocycles. The second-order valence-corrected chi connectivity index (χ2v) is 6.61. The summed E-state index contributed by atoms with van der Waals surface area (Å²) in [5.41, 5.74) is 3.40. The summed E-state index contributed by atoms with van der Waals surface area (Å²) in [4.78, 5) is 17.5. The quantitative estimate of drug-likeness (QED) is 0.539. The Labute approximate surface area is 155 Å². The fourth-order valence-electron chi connectivity index (χ4n) is 3.15. The molecule has 1 amide bonds. The van der Waals surface area contributed by atoms with Gasteiger partial charge in [0.2, 0.25) is 0 Å². The maximum absolute atomic E-state index is 12.8. The smallest absolute Gasteiger partial charge is 0.252 e. The van der Waals surface area contributed by atoms with E-state index in [1.165, 1.54) is 25.7 Å². The van der Waals surface area contributed by atoms with Gasteiger partial charge in [-0.25, -0.2) is 4.98 Å². The van der Waals surface area contributed by atoms with E-state index in [2.05, 4.69) is 12.2 Å². The molecule has 2 aromatic carbocycles. The van der Waals surface area contributed by atoms with E-state index in [9.17, 15) is 4.79 Å². The van der Waals surface area contributed by atoms with Crippen molar-refractivity contribution >= 4 is 16.8 Å². The van der Waals surface area contributed by atoms with Gasteiger partial charge in [-0.15, -0.1) is 0 Å². The van der Waals surface area contributed by atoms with Crippen LogP contribution in [0.4, 0.5) is 0 Å². The summed E-state index contributed by atoms with van der Waals surface area (Å²) in [6.07, 6.45) is 5.94. The van der Waals surface area contributed by atoms with E-state index < -0.39 is 0 Å². The number of amides is 1. The molecule has 3 nitrogen and oxygen atoms in total. The molecule has 1 aromatic heterocycles. The third-order valence-electron chi connectivity index (χ3n) is 4.60. The number of benzene rings is 2. The summed E-state index contributed by atoms with van der Waals surface area (Å²) >= 11 is 0. The van der Waals surface area contributed by atoms with Gasteiger partial charge >= 0.3 is 0 Å². The number of hydrogen-bond donors (Lipinski definition) is 1.